The molecule has 0 radical (unpaired) electrons. The van der Waals surface area contributed by atoms with Crippen LogP contribution in [0.3, 0.4) is 0 Å². The molecule has 1 N–H and O–H groups in total. The molecule has 1 fully saturated rings. The minimum atomic E-state index is -5.12. The monoisotopic (exact) mass is 388 g/mol. The molecule has 152 valence electrons. The molecule has 1 saturated carbocycles. The molecule has 1 unspecified atom stereocenters. The Morgan fingerprint density at radius 2 is 1.78 bits per heavy atom. The largest absolute Gasteiger partial charge is 0.425 e. The van der Waals surface area contributed by atoms with Crippen molar-refractivity contribution in [3.05, 3.63) is 11.3 Å². The number of amides is 2. The molecule has 0 saturated heterocycles. The van der Waals surface area contributed by atoms with Crippen molar-refractivity contribution >= 4 is 17.6 Å². The van der Waals surface area contributed by atoms with E-state index in [0.717, 1.165) is 31.1 Å². The SMILES string of the molecule is CC(=O)C1=C(C)N(C2CCCCC2)C(=O)C1(NC(=O)CC(C)C)C(F)(F)F. The van der Waals surface area contributed by atoms with Crippen molar-refractivity contribution < 1.29 is 27.6 Å². The molecule has 1 heterocycles. The lowest BCUT2D eigenvalue weighted by atomic mass is 9.86. The molecule has 2 aliphatic rings. The highest BCUT2D eigenvalue weighted by Crippen LogP contribution is 2.47. The van der Waals surface area contributed by atoms with Crippen LogP contribution in [0, 0.1) is 5.92 Å². The second-order valence-corrected chi connectivity index (χ2v) is 7.88. The minimum Gasteiger partial charge on any atom is -0.330 e. The second-order valence-electron chi connectivity index (χ2n) is 7.88. The first kappa shape index (κ1) is 21.4. The molecule has 0 aromatic rings. The zero-order valence-corrected chi connectivity index (χ0v) is 16.2. The van der Waals surface area contributed by atoms with Gasteiger partial charge in [0.15, 0.2) is 5.78 Å². The fraction of sp³-hybridized carbons (Fsp3) is 0.737. The maximum atomic E-state index is 14.2. The number of halogens is 3. The number of hydrogen-bond acceptors (Lipinski definition) is 3. The lowest BCUT2D eigenvalue weighted by Gasteiger charge is -2.36. The van der Waals surface area contributed by atoms with Crippen molar-refractivity contribution in [3.8, 4) is 0 Å². The third-order valence-corrected chi connectivity index (χ3v) is 5.28. The third kappa shape index (κ3) is 3.75. The Balaban J connectivity index is 2.57. The van der Waals surface area contributed by atoms with Crippen molar-refractivity contribution in [1.82, 2.24) is 10.2 Å². The number of ketones is 1. The summed E-state index contributed by atoms with van der Waals surface area (Å²) < 4.78 is 42.7. The third-order valence-electron chi connectivity index (χ3n) is 5.28. The number of alkyl halides is 3. The van der Waals surface area contributed by atoms with Crippen molar-refractivity contribution in [2.45, 2.75) is 84.0 Å². The van der Waals surface area contributed by atoms with Gasteiger partial charge in [-0.1, -0.05) is 33.1 Å². The van der Waals surface area contributed by atoms with Gasteiger partial charge in [0.2, 0.25) is 11.4 Å². The van der Waals surface area contributed by atoms with Crippen LogP contribution in [0.5, 0.6) is 0 Å². The van der Waals surface area contributed by atoms with Crippen LogP contribution in [0.1, 0.15) is 66.2 Å². The number of rotatable bonds is 5. The predicted octanol–water partition coefficient (Wildman–Crippen LogP) is 3.49. The van der Waals surface area contributed by atoms with Crippen molar-refractivity contribution in [2.24, 2.45) is 5.92 Å². The lowest BCUT2D eigenvalue weighted by molar-refractivity contribution is -0.195. The Bertz CT molecular complexity index is 664. The zero-order valence-electron chi connectivity index (χ0n) is 16.2. The maximum Gasteiger partial charge on any atom is 0.425 e. The highest BCUT2D eigenvalue weighted by molar-refractivity contribution is 6.12. The summed E-state index contributed by atoms with van der Waals surface area (Å²) in [4.78, 5) is 38.7. The normalized spacial score (nSPS) is 24.7. The van der Waals surface area contributed by atoms with E-state index < -0.39 is 34.9 Å². The molecular weight excluding hydrogens is 361 g/mol. The van der Waals surface area contributed by atoms with Crippen molar-refractivity contribution in [2.75, 3.05) is 0 Å². The molecule has 2 rings (SSSR count). The Hall–Kier alpha value is -1.86. The van der Waals surface area contributed by atoms with Gasteiger partial charge in [-0.05, 0) is 32.6 Å². The van der Waals surface area contributed by atoms with Crippen LogP contribution < -0.4 is 5.32 Å². The highest BCUT2D eigenvalue weighted by Gasteiger charge is 2.70. The highest BCUT2D eigenvalue weighted by atomic mass is 19.4. The molecule has 1 aliphatic carbocycles. The first-order chi connectivity index (χ1) is 12.4. The van der Waals surface area contributed by atoms with Gasteiger partial charge in [-0.2, -0.15) is 13.2 Å². The van der Waals surface area contributed by atoms with Gasteiger partial charge in [0, 0.05) is 18.2 Å². The summed E-state index contributed by atoms with van der Waals surface area (Å²) in [6, 6.07) is -0.383. The summed E-state index contributed by atoms with van der Waals surface area (Å²) >= 11 is 0. The second kappa shape index (κ2) is 7.64. The molecule has 8 heteroatoms. The van der Waals surface area contributed by atoms with E-state index in [1.165, 1.54) is 6.92 Å². The molecule has 5 nitrogen and oxygen atoms in total. The fourth-order valence-electron chi connectivity index (χ4n) is 4.21. The van der Waals surface area contributed by atoms with Crippen LogP contribution in [-0.2, 0) is 14.4 Å². The summed E-state index contributed by atoms with van der Waals surface area (Å²) in [6.45, 7) is 5.76. The van der Waals surface area contributed by atoms with Gasteiger partial charge in [-0.3, -0.25) is 14.4 Å². The van der Waals surface area contributed by atoms with E-state index in [2.05, 4.69) is 0 Å². The molecule has 2 amide bonds. The topological polar surface area (TPSA) is 66.5 Å². The number of Topliss-reactive ketones (excluding diaryl/α,β-unsaturated/α-hetero) is 1. The summed E-state index contributed by atoms with van der Waals surface area (Å²) in [5.41, 5.74) is -3.96. The van der Waals surface area contributed by atoms with Gasteiger partial charge in [0.25, 0.3) is 5.91 Å². The number of hydrogen-bond donors (Lipinski definition) is 1. The summed E-state index contributed by atoms with van der Waals surface area (Å²) in [6.07, 6.45) is -1.52. The Morgan fingerprint density at radius 1 is 1.22 bits per heavy atom. The van der Waals surface area contributed by atoms with E-state index in [1.54, 1.807) is 13.8 Å². The smallest absolute Gasteiger partial charge is 0.330 e. The van der Waals surface area contributed by atoms with E-state index in [9.17, 15) is 27.6 Å². The summed E-state index contributed by atoms with van der Waals surface area (Å²) in [7, 11) is 0. The van der Waals surface area contributed by atoms with E-state index in [-0.39, 0.29) is 24.1 Å². The quantitative estimate of drug-likeness (QED) is 0.784. The van der Waals surface area contributed by atoms with Gasteiger partial charge >= 0.3 is 6.18 Å². The standard InChI is InChI=1S/C19H27F3N2O3/c1-11(2)10-15(26)23-18(19(20,21)22)16(13(4)25)12(3)24(17(18)27)14-8-6-5-7-9-14/h11,14H,5-10H2,1-4H3,(H,23,26). The Labute approximate surface area is 157 Å². The van der Waals surface area contributed by atoms with Gasteiger partial charge in [0.1, 0.15) is 0 Å². The summed E-state index contributed by atoms with van der Waals surface area (Å²) in [5, 5.41) is 1.91. The van der Waals surface area contributed by atoms with Gasteiger partial charge < -0.3 is 10.2 Å². The molecule has 27 heavy (non-hydrogen) atoms. The number of carbonyl (C=O) groups excluding carboxylic acids is 3. The van der Waals surface area contributed by atoms with E-state index in [4.69, 9.17) is 0 Å². The van der Waals surface area contributed by atoms with Gasteiger partial charge in [-0.15, -0.1) is 0 Å². The van der Waals surface area contributed by atoms with E-state index in [0.29, 0.717) is 12.8 Å². The molecule has 1 aliphatic heterocycles. The van der Waals surface area contributed by atoms with Crippen LogP contribution in [0.25, 0.3) is 0 Å². The van der Waals surface area contributed by atoms with Crippen LogP contribution in [0.2, 0.25) is 0 Å². The minimum absolute atomic E-state index is 0.00146. The molecule has 0 aromatic heterocycles. The molecule has 0 aromatic carbocycles. The predicted molar refractivity (Wildman–Crippen MR) is 93.5 cm³/mol. The van der Waals surface area contributed by atoms with Crippen LogP contribution in [0.15, 0.2) is 11.3 Å². The Kier molecular flexibility index (Phi) is 6.06. The van der Waals surface area contributed by atoms with E-state index in [1.807, 2.05) is 5.32 Å². The number of nitrogens with one attached hydrogen (secondary N) is 1. The van der Waals surface area contributed by atoms with Crippen LogP contribution >= 0.6 is 0 Å². The number of allylic oxidation sites excluding steroid dienone is 1. The summed E-state index contributed by atoms with van der Waals surface area (Å²) in [5.74, 6) is -3.21. The molecule has 1 atom stereocenters. The van der Waals surface area contributed by atoms with E-state index >= 15 is 0 Å². The van der Waals surface area contributed by atoms with Crippen LogP contribution in [-0.4, -0.2) is 40.3 Å². The zero-order chi connectivity index (χ0) is 20.6. The Morgan fingerprint density at radius 3 is 2.22 bits per heavy atom. The van der Waals surface area contributed by atoms with Crippen molar-refractivity contribution in [3.63, 3.8) is 0 Å². The van der Waals surface area contributed by atoms with Crippen molar-refractivity contribution in [1.29, 1.82) is 0 Å². The number of nitrogens with zero attached hydrogens (tertiary/aromatic N) is 1. The molecular formula is C19H27F3N2O3. The average molecular weight is 388 g/mol. The number of carbonyl (C=O) groups is 3. The average Bonchev–Trinajstić information content (AvgIpc) is 2.75. The molecule has 0 bridgehead atoms. The first-order valence-electron chi connectivity index (χ1n) is 9.37. The first-order valence-corrected chi connectivity index (χ1v) is 9.37. The van der Waals surface area contributed by atoms with Gasteiger partial charge in [0.05, 0.1) is 5.57 Å². The van der Waals surface area contributed by atoms with Crippen LogP contribution in [0.4, 0.5) is 13.2 Å². The lowest BCUT2D eigenvalue weighted by Crippen LogP contribution is -2.66. The maximum absolute atomic E-state index is 14.2. The van der Waals surface area contributed by atoms with Gasteiger partial charge in [-0.25, -0.2) is 0 Å². The molecule has 0 spiro atoms. The fourth-order valence-corrected chi connectivity index (χ4v) is 4.21.